The minimum absolute atomic E-state index is 0.260. The summed E-state index contributed by atoms with van der Waals surface area (Å²) < 4.78 is 1.09. The van der Waals surface area contributed by atoms with E-state index < -0.39 is 5.60 Å². The van der Waals surface area contributed by atoms with Crippen LogP contribution in [0.5, 0.6) is 0 Å². The van der Waals surface area contributed by atoms with E-state index >= 15 is 0 Å². The van der Waals surface area contributed by atoms with Crippen LogP contribution in [0.2, 0.25) is 0 Å². The summed E-state index contributed by atoms with van der Waals surface area (Å²) in [5.41, 5.74) is 13.2. The summed E-state index contributed by atoms with van der Waals surface area (Å²) in [5, 5.41) is 28.4. The van der Waals surface area contributed by atoms with Crippen molar-refractivity contribution in [2.45, 2.75) is 51.3 Å². The topological polar surface area (TPSA) is 125 Å². The lowest BCUT2D eigenvalue weighted by molar-refractivity contribution is 0.0377. The lowest BCUT2D eigenvalue weighted by Gasteiger charge is -2.27. The second-order valence-corrected chi connectivity index (χ2v) is 11.8. The minimum atomic E-state index is -0.505. The zero-order chi connectivity index (χ0) is 28.0. The SMILES string of the molecule is CN1NN(C2CC2)C=C1[C@@H](Nc1cc(C#N)c2ncc(C#N)c(NOC(C)(C)C)c2c1)c1cccc2ncsc12. The normalized spacial score (nSPS) is 16.1. The average Bonchev–Trinajstić information content (AvgIpc) is 3.54. The van der Waals surface area contributed by atoms with Crippen molar-refractivity contribution in [2.75, 3.05) is 17.8 Å². The number of nitrogens with zero attached hydrogens (tertiary/aromatic N) is 6. The highest BCUT2D eigenvalue weighted by atomic mass is 32.1. The first kappa shape index (κ1) is 25.8. The third-order valence-corrected chi connectivity index (χ3v) is 7.73. The lowest BCUT2D eigenvalue weighted by atomic mass is 10.0. The number of nitrogens with one attached hydrogen (secondary N) is 3. The number of fused-ring (bicyclic) bond motifs is 2. The van der Waals surface area contributed by atoms with Gasteiger partial charge < -0.3 is 5.32 Å². The number of aromatic nitrogens is 2. The van der Waals surface area contributed by atoms with Crippen molar-refractivity contribution in [3.05, 3.63) is 70.6 Å². The molecule has 0 amide bonds. The van der Waals surface area contributed by atoms with Crippen LogP contribution in [-0.4, -0.2) is 38.7 Å². The summed E-state index contributed by atoms with van der Waals surface area (Å²) >= 11 is 1.60. The highest BCUT2D eigenvalue weighted by Crippen LogP contribution is 2.39. The van der Waals surface area contributed by atoms with Crippen molar-refractivity contribution in [3.63, 3.8) is 0 Å². The molecule has 3 N–H and O–H groups in total. The zero-order valence-corrected chi connectivity index (χ0v) is 23.5. The van der Waals surface area contributed by atoms with Gasteiger partial charge in [-0.3, -0.25) is 25.3 Å². The van der Waals surface area contributed by atoms with E-state index in [9.17, 15) is 10.5 Å². The van der Waals surface area contributed by atoms with Crippen LogP contribution in [-0.2, 0) is 4.84 Å². The van der Waals surface area contributed by atoms with Gasteiger partial charge in [0.2, 0.25) is 0 Å². The van der Waals surface area contributed by atoms with Crippen LogP contribution in [0, 0.1) is 22.7 Å². The molecule has 1 aliphatic carbocycles. The Kier molecular flexibility index (Phi) is 6.43. The number of thiazole rings is 1. The Hall–Kier alpha value is -4.42. The maximum Gasteiger partial charge on any atom is 0.103 e. The first-order chi connectivity index (χ1) is 19.3. The van der Waals surface area contributed by atoms with Crippen molar-refractivity contribution in [3.8, 4) is 12.1 Å². The second kappa shape index (κ2) is 9.96. The van der Waals surface area contributed by atoms with Crippen molar-refractivity contribution >= 4 is 43.8 Å². The number of hydrogen-bond donors (Lipinski definition) is 3. The molecule has 0 unspecified atom stereocenters. The van der Waals surface area contributed by atoms with E-state index in [1.807, 2.05) is 56.5 Å². The molecule has 40 heavy (non-hydrogen) atoms. The molecule has 0 radical (unpaired) electrons. The monoisotopic (exact) mass is 551 g/mol. The molecule has 1 aliphatic heterocycles. The van der Waals surface area contributed by atoms with Gasteiger partial charge in [-0.1, -0.05) is 12.1 Å². The van der Waals surface area contributed by atoms with Crippen LogP contribution in [0.4, 0.5) is 11.4 Å². The number of hydrazine groups is 2. The van der Waals surface area contributed by atoms with Crippen LogP contribution >= 0.6 is 11.3 Å². The van der Waals surface area contributed by atoms with Crippen LogP contribution in [0.15, 0.2) is 53.9 Å². The number of pyridine rings is 1. The largest absolute Gasteiger partial charge is 0.373 e. The van der Waals surface area contributed by atoms with Crippen molar-refractivity contribution in [1.82, 2.24) is 25.5 Å². The van der Waals surface area contributed by atoms with Gasteiger partial charge in [0.25, 0.3) is 0 Å². The molecule has 0 bridgehead atoms. The van der Waals surface area contributed by atoms with Gasteiger partial charge in [-0.25, -0.2) is 4.98 Å². The van der Waals surface area contributed by atoms with Crippen LogP contribution in [0.3, 0.4) is 0 Å². The Labute approximate surface area is 236 Å². The molecular weight excluding hydrogens is 522 g/mol. The van der Waals surface area contributed by atoms with Crippen molar-refractivity contribution < 1.29 is 4.84 Å². The fourth-order valence-corrected chi connectivity index (χ4v) is 5.62. The fourth-order valence-electron chi connectivity index (χ4n) is 4.78. The van der Waals surface area contributed by atoms with Gasteiger partial charge in [-0.2, -0.15) is 10.5 Å². The fraction of sp³-hybridized carbons (Fsp3) is 0.310. The Morgan fingerprint density at radius 2 is 1.95 bits per heavy atom. The molecule has 4 aromatic rings. The van der Waals surface area contributed by atoms with Crippen LogP contribution < -0.4 is 16.3 Å². The van der Waals surface area contributed by atoms with Gasteiger partial charge in [-0.15, -0.1) is 16.9 Å². The Bertz CT molecular complexity index is 1720. The standard InChI is InChI=1S/C29H29N9OS/c1-29(2,3)39-35-26-18(13-31)14-32-25-17(12-30)10-19(11-22(25)26)34-27(21-6-5-7-23-28(21)40-16-33-23)24-15-38(20-8-9-20)36-37(24)4/h5-7,10-11,14-16,20,27,34,36H,8-9H2,1-4H3,(H,32,35)/t27-/m0/s1. The van der Waals surface area contributed by atoms with E-state index in [0.29, 0.717) is 39.4 Å². The van der Waals surface area contributed by atoms with Crippen molar-refractivity contribution in [2.24, 2.45) is 0 Å². The van der Waals surface area contributed by atoms with E-state index in [-0.39, 0.29) is 6.04 Å². The predicted octanol–water partition coefficient (Wildman–Crippen LogP) is 5.55. The van der Waals surface area contributed by atoms with Crippen molar-refractivity contribution in [1.29, 1.82) is 10.5 Å². The summed E-state index contributed by atoms with van der Waals surface area (Å²) in [5.74, 6) is 0. The number of anilines is 2. The van der Waals surface area contributed by atoms with Gasteiger partial charge in [0.05, 0.1) is 55.4 Å². The summed E-state index contributed by atoms with van der Waals surface area (Å²) in [6.45, 7) is 5.75. The number of likely N-dealkylation sites (N-methyl/N-ethyl adjacent to an activating group) is 1. The van der Waals surface area contributed by atoms with Gasteiger partial charge >= 0.3 is 0 Å². The van der Waals surface area contributed by atoms with E-state index in [1.54, 1.807) is 17.4 Å². The zero-order valence-electron chi connectivity index (χ0n) is 22.7. The van der Waals surface area contributed by atoms with Crippen LogP contribution in [0.1, 0.15) is 56.3 Å². The molecule has 1 atom stereocenters. The highest BCUT2D eigenvalue weighted by molar-refractivity contribution is 7.17. The summed E-state index contributed by atoms with van der Waals surface area (Å²) in [6, 6.07) is 14.6. The van der Waals surface area contributed by atoms with Gasteiger partial charge in [-0.05, 0) is 57.4 Å². The molecule has 1 fully saturated rings. The minimum Gasteiger partial charge on any atom is -0.373 e. The summed E-state index contributed by atoms with van der Waals surface area (Å²) in [7, 11) is 2.01. The quantitative estimate of drug-likeness (QED) is 0.252. The molecule has 1 saturated carbocycles. The summed E-state index contributed by atoms with van der Waals surface area (Å²) in [4.78, 5) is 14.8. The molecule has 11 heteroatoms. The smallest absolute Gasteiger partial charge is 0.103 e. The third kappa shape index (κ3) is 4.87. The molecule has 202 valence electrons. The van der Waals surface area contributed by atoms with Gasteiger partial charge in [0.15, 0.2) is 0 Å². The lowest BCUT2D eigenvalue weighted by Crippen LogP contribution is -2.40. The van der Waals surface area contributed by atoms with E-state index in [0.717, 1.165) is 34.3 Å². The van der Waals surface area contributed by atoms with Crippen LogP contribution in [0.25, 0.3) is 21.1 Å². The molecule has 2 aromatic carbocycles. The maximum absolute atomic E-state index is 10.1. The number of hydrogen-bond acceptors (Lipinski definition) is 11. The second-order valence-electron chi connectivity index (χ2n) is 11.0. The third-order valence-electron chi connectivity index (χ3n) is 6.84. The van der Waals surface area contributed by atoms with E-state index in [2.05, 4.69) is 55.7 Å². The molecule has 3 heterocycles. The van der Waals surface area contributed by atoms with Gasteiger partial charge in [0.1, 0.15) is 12.1 Å². The predicted molar refractivity (Wildman–Crippen MR) is 155 cm³/mol. The first-order valence-corrected chi connectivity index (χ1v) is 13.9. The number of benzene rings is 2. The Balaban J connectivity index is 1.49. The van der Waals surface area contributed by atoms with E-state index in [1.165, 1.54) is 6.20 Å². The first-order valence-electron chi connectivity index (χ1n) is 13.1. The molecule has 0 saturated heterocycles. The molecule has 2 aromatic heterocycles. The highest BCUT2D eigenvalue weighted by Gasteiger charge is 2.35. The number of rotatable bonds is 7. The Morgan fingerprint density at radius 1 is 1.15 bits per heavy atom. The molecule has 2 aliphatic rings. The van der Waals surface area contributed by atoms with Gasteiger partial charge in [0, 0.05) is 36.6 Å². The summed E-state index contributed by atoms with van der Waals surface area (Å²) in [6.07, 6.45) is 5.93. The molecular formula is C29H29N9OS. The number of nitriles is 2. The maximum atomic E-state index is 10.1. The molecule has 0 spiro atoms. The Morgan fingerprint density at radius 3 is 2.67 bits per heavy atom. The molecule has 10 nitrogen and oxygen atoms in total. The molecule has 6 rings (SSSR count). The average molecular weight is 552 g/mol. The van der Waals surface area contributed by atoms with E-state index in [4.69, 9.17) is 4.84 Å².